The first kappa shape index (κ1) is 15.6. The summed E-state index contributed by atoms with van der Waals surface area (Å²) in [6, 6.07) is 1.57. The van der Waals surface area contributed by atoms with Crippen LogP contribution in [0, 0.1) is 0 Å². The second-order valence-corrected chi connectivity index (χ2v) is 3.79. The van der Waals surface area contributed by atoms with Crippen LogP contribution < -0.4 is 10.5 Å². The highest BCUT2D eigenvalue weighted by Gasteiger charge is 2.03. The molecule has 0 spiro atoms. The van der Waals surface area contributed by atoms with Gasteiger partial charge in [0, 0.05) is 33.5 Å². The van der Waals surface area contributed by atoms with E-state index >= 15 is 0 Å². The third-order valence-corrected chi connectivity index (χ3v) is 2.16. The lowest BCUT2D eigenvalue weighted by Gasteiger charge is -2.08. The minimum absolute atomic E-state index is 0.301. The van der Waals surface area contributed by atoms with Crippen molar-refractivity contribution in [1.82, 2.24) is 9.97 Å². The molecule has 2 N–H and O–H groups in total. The Morgan fingerprint density at radius 2 is 1.89 bits per heavy atom. The average Bonchev–Trinajstić information content (AvgIpc) is 2.37. The Morgan fingerprint density at radius 3 is 2.63 bits per heavy atom. The predicted octanol–water partition coefficient (Wildman–Crippen LogP) is 0.637. The van der Waals surface area contributed by atoms with Gasteiger partial charge in [-0.2, -0.15) is 4.98 Å². The minimum atomic E-state index is 0.301. The molecule has 0 radical (unpaired) electrons. The van der Waals surface area contributed by atoms with Crippen LogP contribution in [-0.4, -0.2) is 50.6 Å². The van der Waals surface area contributed by atoms with E-state index in [4.69, 9.17) is 24.7 Å². The van der Waals surface area contributed by atoms with E-state index < -0.39 is 0 Å². The maximum Gasteiger partial charge on any atom is 0.218 e. The Morgan fingerprint density at radius 1 is 1.05 bits per heavy atom. The normalized spacial score (nSPS) is 10.6. The Labute approximate surface area is 113 Å². The monoisotopic (exact) mass is 271 g/mol. The molecule has 0 aliphatic heterocycles. The third kappa shape index (κ3) is 6.90. The van der Waals surface area contributed by atoms with E-state index in [1.807, 2.05) is 0 Å². The Balaban J connectivity index is 2.25. The number of ether oxygens (including phenoxy) is 4. The number of nitrogens with zero attached hydrogens (tertiary/aromatic N) is 2. The molecule has 7 heteroatoms. The van der Waals surface area contributed by atoms with E-state index in [1.54, 1.807) is 20.3 Å². The molecular weight excluding hydrogens is 250 g/mol. The number of methoxy groups -OCH3 is 2. The SMILES string of the molecule is COCCCOCCOc1cc(N)nc(COC)n1. The van der Waals surface area contributed by atoms with Crippen molar-refractivity contribution in [2.45, 2.75) is 13.0 Å². The van der Waals surface area contributed by atoms with E-state index in [0.29, 0.717) is 50.6 Å². The molecule has 1 heterocycles. The first-order valence-corrected chi connectivity index (χ1v) is 6.08. The molecule has 0 aromatic carbocycles. The Bertz CT molecular complexity index is 363. The predicted molar refractivity (Wildman–Crippen MR) is 70.0 cm³/mol. The van der Waals surface area contributed by atoms with E-state index in [9.17, 15) is 0 Å². The Hall–Kier alpha value is -1.44. The number of aromatic nitrogens is 2. The molecule has 0 unspecified atom stereocenters. The second-order valence-electron chi connectivity index (χ2n) is 3.79. The highest BCUT2D eigenvalue weighted by Crippen LogP contribution is 2.11. The highest BCUT2D eigenvalue weighted by molar-refractivity contribution is 5.32. The van der Waals surface area contributed by atoms with Gasteiger partial charge in [-0.05, 0) is 6.42 Å². The molecule has 0 saturated heterocycles. The maximum atomic E-state index is 5.64. The minimum Gasteiger partial charge on any atom is -0.475 e. The zero-order valence-corrected chi connectivity index (χ0v) is 11.4. The maximum absolute atomic E-state index is 5.64. The van der Waals surface area contributed by atoms with Gasteiger partial charge in [0.2, 0.25) is 5.88 Å². The molecule has 108 valence electrons. The van der Waals surface area contributed by atoms with Gasteiger partial charge in [-0.3, -0.25) is 0 Å². The Kier molecular flexibility index (Phi) is 7.80. The largest absolute Gasteiger partial charge is 0.475 e. The average molecular weight is 271 g/mol. The molecule has 1 aromatic rings. The molecule has 0 fully saturated rings. The van der Waals surface area contributed by atoms with Crippen molar-refractivity contribution in [2.24, 2.45) is 0 Å². The molecule has 0 amide bonds. The van der Waals surface area contributed by atoms with E-state index in [1.165, 1.54) is 0 Å². The van der Waals surface area contributed by atoms with Gasteiger partial charge < -0.3 is 24.7 Å². The fraction of sp³-hybridized carbons (Fsp3) is 0.667. The number of nitrogen functional groups attached to an aromatic ring is 1. The van der Waals surface area contributed by atoms with Crippen LogP contribution in [0.2, 0.25) is 0 Å². The van der Waals surface area contributed by atoms with Gasteiger partial charge in [0.05, 0.1) is 6.61 Å². The molecule has 1 aromatic heterocycles. The van der Waals surface area contributed by atoms with Crippen LogP contribution >= 0.6 is 0 Å². The van der Waals surface area contributed by atoms with Crippen molar-refractivity contribution in [3.8, 4) is 5.88 Å². The summed E-state index contributed by atoms with van der Waals surface area (Å²) in [5.41, 5.74) is 5.64. The van der Waals surface area contributed by atoms with Crippen molar-refractivity contribution in [3.63, 3.8) is 0 Å². The van der Waals surface area contributed by atoms with E-state index in [0.717, 1.165) is 6.42 Å². The summed E-state index contributed by atoms with van der Waals surface area (Å²) in [7, 11) is 3.24. The van der Waals surface area contributed by atoms with Crippen LogP contribution in [0.1, 0.15) is 12.2 Å². The summed E-state index contributed by atoms with van der Waals surface area (Å²) in [5.74, 6) is 1.29. The molecule has 0 aliphatic carbocycles. The van der Waals surface area contributed by atoms with Gasteiger partial charge in [0.1, 0.15) is 19.0 Å². The number of anilines is 1. The highest BCUT2D eigenvalue weighted by atomic mass is 16.5. The number of nitrogens with two attached hydrogens (primary N) is 1. The fourth-order valence-electron chi connectivity index (χ4n) is 1.37. The van der Waals surface area contributed by atoms with Crippen molar-refractivity contribution in [1.29, 1.82) is 0 Å². The van der Waals surface area contributed by atoms with Gasteiger partial charge in [-0.25, -0.2) is 4.98 Å². The number of rotatable bonds is 10. The lowest BCUT2D eigenvalue weighted by molar-refractivity contribution is 0.0793. The standard InChI is InChI=1S/C12H21N3O4/c1-16-4-3-5-18-6-7-19-12-8-10(13)14-11(15-12)9-17-2/h8H,3-7,9H2,1-2H3,(H2,13,14,15). The van der Waals surface area contributed by atoms with Crippen LogP contribution in [0.3, 0.4) is 0 Å². The summed E-state index contributed by atoms with van der Waals surface area (Å²) < 4.78 is 20.7. The molecule has 7 nitrogen and oxygen atoms in total. The van der Waals surface area contributed by atoms with E-state index in [-0.39, 0.29) is 0 Å². The zero-order chi connectivity index (χ0) is 13.9. The van der Waals surface area contributed by atoms with Crippen molar-refractivity contribution >= 4 is 5.82 Å². The second kappa shape index (κ2) is 9.48. The van der Waals surface area contributed by atoms with Gasteiger partial charge in [-0.15, -0.1) is 0 Å². The van der Waals surface area contributed by atoms with Crippen molar-refractivity contribution in [2.75, 3.05) is 46.4 Å². The first-order valence-electron chi connectivity index (χ1n) is 6.08. The molecule has 0 atom stereocenters. The molecule has 0 aliphatic rings. The van der Waals surface area contributed by atoms with Crippen LogP contribution in [-0.2, 0) is 20.8 Å². The van der Waals surface area contributed by atoms with Crippen LogP contribution in [0.5, 0.6) is 5.88 Å². The summed E-state index contributed by atoms with van der Waals surface area (Å²) >= 11 is 0. The first-order chi connectivity index (χ1) is 9.26. The van der Waals surface area contributed by atoms with Gasteiger partial charge >= 0.3 is 0 Å². The smallest absolute Gasteiger partial charge is 0.218 e. The zero-order valence-electron chi connectivity index (χ0n) is 11.4. The van der Waals surface area contributed by atoms with Gasteiger partial charge in [0.15, 0.2) is 5.82 Å². The van der Waals surface area contributed by atoms with E-state index in [2.05, 4.69) is 9.97 Å². The van der Waals surface area contributed by atoms with Gasteiger partial charge in [-0.1, -0.05) is 0 Å². The summed E-state index contributed by atoms with van der Waals surface area (Å²) in [6.45, 7) is 2.56. The lowest BCUT2D eigenvalue weighted by Crippen LogP contribution is -2.10. The number of hydrogen-bond acceptors (Lipinski definition) is 7. The summed E-state index contributed by atoms with van der Waals surface area (Å²) in [5, 5.41) is 0. The van der Waals surface area contributed by atoms with Crippen LogP contribution in [0.15, 0.2) is 6.07 Å². The molecule has 19 heavy (non-hydrogen) atoms. The number of hydrogen-bond donors (Lipinski definition) is 1. The van der Waals surface area contributed by atoms with Crippen molar-refractivity contribution < 1.29 is 18.9 Å². The van der Waals surface area contributed by atoms with Crippen LogP contribution in [0.4, 0.5) is 5.82 Å². The summed E-state index contributed by atoms with van der Waals surface area (Å²) in [6.07, 6.45) is 0.870. The van der Waals surface area contributed by atoms with Crippen LogP contribution in [0.25, 0.3) is 0 Å². The lowest BCUT2D eigenvalue weighted by atomic mass is 10.5. The topological polar surface area (TPSA) is 88.7 Å². The third-order valence-electron chi connectivity index (χ3n) is 2.16. The fourth-order valence-corrected chi connectivity index (χ4v) is 1.37. The molecular formula is C12H21N3O4. The summed E-state index contributed by atoms with van der Waals surface area (Å²) in [4.78, 5) is 8.17. The molecule has 0 saturated carbocycles. The van der Waals surface area contributed by atoms with Crippen molar-refractivity contribution in [3.05, 3.63) is 11.9 Å². The molecule has 1 rings (SSSR count). The molecule has 0 bridgehead atoms. The van der Waals surface area contributed by atoms with Gasteiger partial charge in [0.25, 0.3) is 0 Å². The quantitative estimate of drug-likeness (QED) is 0.624.